The van der Waals surface area contributed by atoms with Crippen LogP contribution in [0.1, 0.15) is 37.0 Å². The first-order valence-electron chi connectivity index (χ1n) is 15.3. The molecule has 0 unspecified atom stereocenters. The molecular weight excluding hydrogens is 584 g/mol. The van der Waals surface area contributed by atoms with Crippen molar-refractivity contribution < 1.29 is 19.1 Å². The van der Waals surface area contributed by atoms with Crippen LogP contribution in [0.15, 0.2) is 73.2 Å². The number of carbonyl (C=O) groups excluding carboxylic acids is 3. The second-order valence-electron chi connectivity index (χ2n) is 11.6. The summed E-state index contributed by atoms with van der Waals surface area (Å²) >= 11 is 0. The van der Waals surface area contributed by atoms with Gasteiger partial charge in [-0.3, -0.25) is 19.5 Å². The normalized spacial score (nSPS) is 17.1. The average Bonchev–Trinajstić information content (AvgIpc) is 3.66. The maximum Gasteiger partial charge on any atom is 0.324 e. The number of hydrogen-bond donors (Lipinski definition) is 3. The number of pyridine rings is 2. The summed E-state index contributed by atoms with van der Waals surface area (Å²) in [4.78, 5) is 51.5. The first kappa shape index (κ1) is 29.2. The molecule has 0 saturated carbocycles. The zero-order valence-electron chi connectivity index (χ0n) is 25.4. The van der Waals surface area contributed by atoms with E-state index in [9.17, 15) is 14.4 Å². The van der Waals surface area contributed by atoms with Gasteiger partial charge in [0.05, 0.1) is 30.3 Å². The van der Waals surface area contributed by atoms with E-state index in [-0.39, 0.29) is 30.5 Å². The molecule has 0 radical (unpaired) electrons. The first-order chi connectivity index (χ1) is 22.4. The predicted molar refractivity (Wildman–Crippen MR) is 175 cm³/mol. The number of amides is 4. The van der Waals surface area contributed by atoms with Gasteiger partial charge in [0.25, 0.3) is 0 Å². The average molecular weight is 619 g/mol. The molecule has 1 atom stereocenters. The number of nitrogens with zero attached hydrogens (tertiary/aromatic N) is 5. The molecule has 3 aliphatic rings. The van der Waals surface area contributed by atoms with E-state index in [1.165, 1.54) is 0 Å². The molecule has 12 nitrogen and oxygen atoms in total. The van der Waals surface area contributed by atoms with Crippen LogP contribution in [0, 0.1) is 0 Å². The second-order valence-corrected chi connectivity index (χ2v) is 11.6. The summed E-state index contributed by atoms with van der Waals surface area (Å²) in [5.74, 6) is 1.27. The third kappa shape index (κ3) is 5.70. The summed E-state index contributed by atoms with van der Waals surface area (Å²) in [7, 11) is 0. The number of benzene rings is 2. The van der Waals surface area contributed by atoms with Gasteiger partial charge < -0.3 is 30.9 Å². The SMILES string of the molecule is C[C@@H]1Oc2cc(N3CCCC3=O)ccc2-c2cnc(Nc3cncc(N4CCN(Cc5ccc(NC(=O)CN)cc5)C4=O)c3)cc21. The molecule has 2 aromatic heterocycles. The Kier molecular flexibility index (Phi) is 7.71. The lowest BCUT2D eigenvalue weighted by atomic mass is 9.94. The van der Waals surface area contributed by atoms with Crippen LogP contribution in [0.4, 0.5) is 33.4 Å². The van der Waals surface area contributed by atoms with E-state index in [1.54, 1.807) is 34.3 Å². The van der Waals surface area contributed by atoms with Crippen molar-refractivity contribution in [1.29, 1.82) is 0 Å². The van der Waals surface area contributed by atoms with Crippen molar-refractivity contribution in [3.63, 3.8) is 0 Å². The summed E-state index contributed by atoms with van der Waals surface area (Å²) in [5.41, 5.74) is 12.2. The van der Waals surface area contributed by atoms with Gasteiger partial charge in [-0.05, 0) is 55.3 Å². The van der Waals surface area contributed by atoms with E-state index >= 15 is 0 Å². The molecular formula is C34H34N8O4. The van der Waals surface area contributed by atoms with Gasteiger partial charge in [0.1, 0.15) is 17.7 Å². The first-order valence-corrected chi connectivity index (χ1v) is 15.3. The van der Waals surface area contributed by atoms with Crippen LogP contribution in [0.5, 0.6) is 5.75 Å². The smallest absolute Gasteiger partial charge is 0.324 e. The van der Waals surface area contributed by atoms with Gasteiger partial charge in [0.2, 0.25) is 11.8 Å². The van der Waals surface area contributed by atoms with Gasteiger partial charge in [-0.1, -0.05) is 12.1 Å². The number of hydrogen-bond acceptors (Lipinski definition) is 8. The lowest BCUT2D eigenvalue weighted by Gasteiger charge is -2.28. The molecule has 4 aromatic rings. The Morgan fingerprint density at radius 3 is 2.57 bits per heavy atom. The fourth-order valence-corrected chi connectivity index (χ4v) is 6.16. The lowest BCUT2D eigenvalue weighted by molar-refractivity contribution is -0.117. The van der Waals surface area contributed by atoms with E-state index in [4.69, 9.17) is 10.5 Å². The highest BCUT2D eigenvalue weighted by Crippen LogP contribution is 2.44. The summed E-state index contributed by atoms with van der Waals surface area (Å²) in [6, 6.07) is 17.1. The largest absolute Gasteiger partial charge is 0.485 e. The number of urea groups is 1. The number of fused-ring (bicyclic) bond motifs is 3. The van der Waals surface area contributed by atoms with Gasteiger partial charge in [-0.25, -0.2) is 9.78 Å². The summed E-state index contributed by atoms with van der Waals surface area (Å²) in [5, 5.41) is 6.06. The minimum atomic E-state index is -0.257. The zero-order chi connectivity index (χ0) is 31.8. The number of aromatic nitrogens is 2. The highest BCUT2D eigenvalue weighted by Gasteiger charge is 2.30. The summed E-state index contributed by atoms with van der Waals surface area (Å²) in [6.07, 6.45) is 6.46. The Balaban J connectivity index is 1.03. The van der Waals surface area contributed by atoms with E-state index in [2.05, 4.69) is 20.6 Å². The van der Waals surface area contributed by atoms with E-state index in [0.717, 1.165) is 46.7 Å². The van der Waals surface area contributed by atoms with Gasteiger partial charge in [0.15, 0.2) is 0 Å². The molecule has 2 aromatic carbocycles. The van der Waals surface area contributed by atoms with Crippen LogP contribution < -0.4 is 30.9 Å². The molecule has 3 aliphatic heterocycles. The molecule has 4 N–H and O–H groups in total. The molecule has 5 heterocycles. The highest BCUT2D eigenvalue weighted by molar-refractivity contribution is 5.96. The van der Waals surface area contributed by atoms with Crippen molar-refractivity contribution in [1.82, 2.24) is 14.9 Å². The van der Waals surface area contributed by atoms with Gasteiger partial charge in [0, 0.05) is 72.9 Å². The van der Waals surface area contributed by atoms with Crippen LogP contribution in [0.3, 0.4) is 0 Å². The van der Waals surface area contributed by atoms with Crippen LogP contribution in [-0.2, 0) is 16.1 Å². The van der Waals surface area contributed by atoms with E-state index in [0.29, 0.717) is 48.9 Å². The number of anilines is 5. The molecule has 7 rings (SSSR count). The van der Waals surface area contributed by atoms with Crippen LogP contribution in [-0.4, -0.2) is 58.9 Å². The molecule has 2 saturated heterocycles. The highest BCUT2D eigenvalue weighted by atomic mass is 16.5. The minimum Gasteiger partial charge on any atom is -0.485 e. The molecule has 0 bridgehead atoms. The molecule has 2 fully saturated rings. The van der Waals surface area contributed by atoms with Crippen molar-refractivity contribution in [2.75, 3.05) is 46.6 Å². The monoisotopic (exact) mass is 618 g/mol. The Hall–Kier alpha value is -5.49. The van der Waals surface area contributed by atoms with Gasteiger partial charge in [-0.15, -0.1) is 0 Å². The van der Waals surface area contributed by atoms with Crippen molar-refractivity contribution in [2.24, 2.45) is 5.73 Å². The third-order valence-corrected chi connectivity index (χ3v) is 8.52. The van der Waals surface area contributed by atoms with Gasteiger partial charge in [-0.2, -0.15) is 0 Å². The third-order valence-electron chi connectivity index (χ3n) is 8.52. The number of rotatable bonds is 8. The Morgan fingerprint density at radius 2 is 1.78 bits per heavy atom. The van der Waals surface area contributed by atoms with Crippen LogP contribution >= 0.6 is 0 Å². The Bertz CT molecular complexity index is 1830. The number of nitrogens with two attached hydrogens (primary N) is 1. The van der Waals surface area contributed by atoms with Crippen molar-refractivity contribution in [2.45, 2.75) is 32.4 Å². The molecule has 234 valence electrons. The topological polar surface area (TPSA) is 146 Å². The predicted octanol–water partition coefficient (Wildman–Crippen LogP) is 4.81. The summed E-state index contributed by atoms with van der Waals surface area (Å²) < 4.78 is 6.30. The molecule has 46 heavy (non-hydrogen) atoms. The van der Waals surface area contributed by atoms with Crippen LogP contribution in [0.25, 0.3) is 11.1 Å². The van der Waals surface area contributed by atoms with Crippen molar-refractivity contribution >= 4 is 46.4 Å². The fourth-order valence-electron chi connectivity index (χ4n) is 6.16. The van der Waals surface area contributed by atoms with Crippen LogP contribution in [0.2, 0.25) is 0 Å². The maximum absolute atomic E-state index is 13.3. The Morgan fingerprint density at radius 1 is 0.935 bits per heavy atom. The number of nitrogens with one attached hydrogen (secondary N) is 2. The molecule has 0 aliphatic carbocycles. The summed E-state index contributed by atoms with van der Waals surface area (Å²) in [6.45, 7) is 4.21. The quantitative estimate of drug-likeness (QED) is 0.255. The van der Waals surface area contributed by atoms with Crippen molar-refractivity contribution in [3.8, 4) is 16.9 Å². The van der Waals surface area contributed by atoms with E-state index < -0.39 is 0 Å². The zero-order valence-corrected chi connectivity index (χ0v) is 25.4. The van der Waals surface area contributed by atoms with Crippen molar-refractivity contribution in [3.05, 3.63) is 84.3 Å². The Labute approximate surface area is 266 Å². The minimum absolute atomic E-state index is 0.0796. The second kappa shape index (κ2) is 12.1. The molecule has 4 amide bonds. The number of ether oxygens (including phenoxy) is 1. The standard InChI is InChI=1S/C34H34N8O4/c1-21-28-15-31(37-19-29(28)27-9-8-25(14-30(27)46-21)41-10-2-3-33(41)44)38-24-13-26(18-36-17-24)42-12-11-40(34(42)45)20-22-4-6-23(7-5-22)39-32(43)16-35/h4-9,13-15,17-19,21H,2-3,10-12,16,20,35H2,1H3,(H,37,38)(H,39,43)/t21-/m0/s1. The maximum atomic E-state index is 13.3. The fraction of sp³-hybridized carbons (Fsp3) is 0.265. The van der Waals surface area contributed by atoms with E-state index in [1.807, 2.05) is 60.5 Å². The number of carbonyl (C=O) groups is 3. The molecule has 0 spiro atoms. The van der Waals surface area contributed by atoms with Gasteiger partial charge >= 0.3 is 6.03 Å². The molecule has 12 heteroatoms. The lowest BCUT2D eigenvalue weighted by Crippen LogP contribution is -2.31.